The Labute approximate surface area is 206 Å². The second-order valence-corrected chi connectivity index (χ2v) is 8.71. The molecule has 176 valence electrons. The van der Waals surface area contributed by atoms with Gasteiger partial charge in [-0.1, -0.05) is 48.2 Å². The fourth-order valence-corrected chi connectivity index (χ4v) is 4.79. The SMILES string of the molecule is COc1ccccc1[C@@H](NC(=O)c1oc2ccccc2c1CSc1ncccn1)c1nccn1C. The van der Waals surface area contributed by atoms with Crippen molar-refractivity contribution in [2.45, 2.75) is 17.0 Å². The molecule has 0 unspecified atom stereocenters. The van der Waals surface area contributed by atoms with Crippen LogP contribution in [0.5, 0.6) is 5.75 Å². The number of thioether (sulfide) groups is 1. The largest absolute Gasteiger partial charge is 0.496 e. The monoisotopic (exact) mass is 485 g/mol. The topological polar surface area (TPSA) is 95.1 Å². The third-order valence-corrected chi connectivity index (χ3v) is 6.54. The zero-order valence-corrected chi connectivity index (χ0v) is 20.0. The van der Waals surface area contributed by atoms with Crippen LogP contribution in [0.25, 0.3) is 11.0 Å². The number of hydrogen-bond acceptors (Lipinski definition) is 7. The van der Waals surface area contributed by atoms with Crippen molar-refractivity contribution in [1.82, 2.24) is 24.8 Å². The highest BCUT2D eigenvalue weighted by Crippen LogP contribution is 2.33. The Morgan fingerprint density at radius 2 is 1.83 bits per heavy atom. The average Bonchev–Trinajstić information content (AvgIpc) is 3.50. The van der Waals surface area contributed by atoms with Crippen LogP contribution in [0.2, 0.25) is 0 Å². The number of methoxy groups -OCH3 is 1. The van der Waals surface area contributed by atoms with E-state index in [1.165, 1.54) is 11.8 Å². The van der Waals surface area contributed by atoms with Crippen LogP contribution < -0.4 is 10.1 Å². The second kappa shape index (κ2) is 10.0. The quantitative estimate of drug-likeness (QED) is 0.250. The van der Waals surface area contributed by atoms with Crippen LogP contribution in [0, 0.1) is 0 Å². The molecular weight excluding hydrogens is 462 g/mol. The predicted octanol–water partition coefficient (Wildman–Crippen LogP) is 4.78. The number of carbonyl (C=O) groups excluding carboxylic acids is 1. The number of benzene rings is 2. The summed E-state index contributed by atoms with van der Waals surface area (Å²) in [5, 5.41) is 4.64. The number of aromatic nitrogens is 4. The molecule has 1 N–H and O–H groups in total. The minimum absolute atomic E-state index is 0.253. The van der Waals surface area contributed by atoms with E-state index in [4.69, 9.17) is 9.15 Å². The van der Waals surface area contributed by atoms with Crippen molar-refractivity contribution in [2.75, 3.05) is 7.11 Å². The van der Waals surface area contributed by atoms with Gasteiger partial charge in [0.15, 0.2) is 10.9 Å². The first-order valence-electron chi connectivity index (χ1n) is 11.0. The lowest BCUT2D eigenvalue weighted by molar-refractivity contribution is 0.0914. The first kappa shape index (κ1) is 22.7. The summed E-state index contributed by atoms with van der Waals surface area (Å²) in [6.45, 7) is 0. The van der Waals surface area contributed by atoms with E-state index in [-0.39, 0.29) is 11.7 Å². The lowest BCUT2D eigenvalue weighted by Crippen LogP contribution is -2.31. The molecule has 2 aromatic carbocycles. The highest BCUT2D eigenvalue weighted by Gasteiger charge is 2.28. The number of ether oxygens (including phenoxy) is 1. The van der Waals surface area contributed by atoms with E-state index in [0.717, 1.165) is 16.5 Å². The van der Waals surface area contributed by atoms with E-state index in [9.17, 15) is 4.79 Å². The maximum atomic E-state index is 13.7. The van der Waals surface area contributed by atoms with Gasteiger partial charge in [0.25, 0.3) is 5.91 Å². The van der Waals surface area contributed by atoms with E-state index in [0.29, 0.717) is 28.1 Å². The Hall–Kier alpha value is -4.11. The Morgan fingerprint density at radius 1 is 1.06 bits per heavy atom. The number of nitrogens with zero attached hydrogens (tertiary/aromatic N) is 4. The third kappa shape index (κ3) is 4.63. The van der Waals surface area contributed by atoms with Gasteiger partial charge in [0.1, 0.15) is 23.2 Å². The molecule has 1 amide bonds. The molecule has 3 aromatic heterocycles. The number of rotatable bonds is 8. The number of aryl methyl sites for hydroxylation is 1. The van der Waals surface area contributed by atoms with Crippen LogP contribution in [0.1, 0.15) is 33.5 Å². The highest BCUT2D eigenvalue weighted by atomic mass is 32.2. The van der Waals surface area contributed by atoms with Gasteiger partial charge in [0.2, 0.25) is 0 Å². The minimum atomic E-state index is -0.551. The average molecular weight is 486 g/mol. The Morgan fingerprint density at radius 3 is 2.60 bits per heavy atom. The van der Waals surface area contributed by atoms with E-state index in [1.807, 2.05) is 66.3 Å². The first-order valence-corrected chi connectivity index (χ1v) is 12.0. The first-order chi connectivity index (χ1) is 17.2. The molecule has 8 nitrogen and oxygen atoms in total. The molecule has 0 saturated heterocycles. The molecule has 9 heteroatoms. The van der Waals surface area contributed by atoms with Gasteiger partial charge >= 0.3 is 0 Å². The smallest absolute Gasteiger partial charge is 0.288 e. The fraction of sp³-hybridized carbons (Fsp3) is 0.154. The minimum Gasteiger partial charge on any atom is -0.496 e. The molecule has 0 aliphatic carbocycles. The van der Waals surface area contributed by atoms with Crippen molar-refractivity contribution >= 4 is 28.6 Å². The number of amides is 1. The third-order valence-electron chi connectivity index (χ3n) is 5.63. The summed E-state index contributed by atoms with van der Waals surface area (Å²) in [6.07, 6.45) is 6.93. The molecule has 35 heavy (non-hydrogen) atoms. The summed E-state index contributed by atoms with van der Waals surface area (Å²) in [6, 6.07) is 16.4. The van der Waals surface area contributed by atoms with Gasteiger partial charge in [0, 0.05) is 54.1 Å². The normalized spacial score (nSPS) is 11.9. The highest BCUT2D eigenvalue weighted by molar-refractivity contribution is 7.98. The van der Waals surface area contributed by atoms with E-state index in [1.54, 1.807) is 31.8 Å². The lowest BCUT2D eigenvalue weighted by atomic mass is 10.0. The number of fused-ring (bicyclic) bond motifs is 1. The molecular formula is C26H23N5O3S. The van der Waals surface area contributed by atoms with Gasteiger partial charge in [-0.3, -0.25) is 4.79 Å². The lowest BCUT2D eigenvalue weighted by Gasteiger charge is -2.21. The molecule has 0 aliphatic heterocycles. The van der Waals surface area contributed by atoms with Crippen molar-refractivity contribution in [3.63, 3.8) is 0 Å². The molecule has 0 aliphatic rings. The summed E-state index contributed by atoms with van der Waals surface area (Å²) in [7, 11) is 3.50. The molecule has 0 fully saturated rings. The molecule has 5 aromatic rings. The second-order valence-electron chi connectivity index (χ2n) is 7.77. The maximum Gasteiger partial charge on any atom is 0.288 e. The Balaban J connectivity index is 1.52. The van der Waals surface area contributed by atoms with Gasteiger partial charge < -0.3 is 19.0 Å². The maximum absolute atomic E-state index is 13.7. The van der Waals surface area contributed by atoms with Crippen molar-refractivity contribution < 1.29 is 13.9 Å². The van der Waals surface area contributed by atoms with Crippen molar-refractivity contribution in [3.8, 4) is 5.75 Å². The number of hydrogen-bond donors (Lipinski definition) is 1. The van der Waals surface area contributed by atoms with Gasteiger partial charge in [-0.2, -0.15) is 0 Å². The van der Waals surface area contributed by atoms with Crippen molar-refractivity contribution in [1.29, 1.82) is 0 Å². The summed E-state index contributed by atoms with van der Waals surface area (Å²) in [5.74, 6) is 1.72. The molecule has 0 saturated carbocycles. The summed E-state index contributed by atoms with van der Waals surface area (Å²) in [5.41, 5.74) is 2.23. The van der Waals surface area contributed by atoms with Crippen LogP contribution >= 0.6 is 11.8 Å². The van der Waals surface area contributed by atoms with Gasteiger partial charge in [-0.25, -0.2) is 15.0 Å². The number of imidazole rings is 1. The molecule has 1 atom stereocenters. The van der Waals surface area contributed by atoms with E-state index >= 15 is 0 Å². The Kier molecular flexibility index (Phi) is 6.49. The predicted molar refractivity (Wildman–Crippen MR) is 133 cm³/mol. The number of carbonyl (C=O) groups is 1. The zero-order valence-electron chi connectivity index (χ0n) is 19.2. The molecule has 5 rings (SSSR count). The van der Waals surface area contributed by atoms with Gasteiger partial charge in [-0.05, 0) is 18.2 Å². The zero-order chi connectivity index (χ0) is 24.2. The van der Waals surface area contributed by atoms with Crippen LogP contribution in [0.4, 0.5) is 0 Å². The summed E-state index contributed by atoms with van der Waals surface area (Å²) in [4.78, 5) is 26.8. The Bertz CT molecular complexity index is 1460. The molecule has 3 heterocycles. The summed E-state index contributed by atoms with van der Waals surface area (Å²) >= 11 is 1.45. The number of furan rings is 1. The summed E-state index contributed by atoms with van der Waals surface area (Å²) < 4.78 is 13.5. The standard InChI is InChI=1S/C26H23N5O3S/c1-31-15-14-27-24(31)22(18-9-4-5-10-20(18)33-2)30-25(32)23-19(16-35-26-28-12-7-13-29-26)17-8-3-6-11-21(17)34-23/h3-15,22H,16H2,1-2H3,(H,30,32)/t22-/m1/s1. The number of para-hydroxylation sites is 2. The van der Waals surface area contributed by atoms with Crippen LogP contribution in [0.3, 0.4) is 0 Å². The van der Waals surface area contributed by atoms with Crippen LogP contribution in [0.15, 0.2) is 89.0 Å². The van der Waals surface area contributed by atoms with E-state index in [2.05, 4.69) is 20.3 Å². The molecule has 0 radical (unpaired) electrons. The fourth-order valence-electron chi connectivity index (χ4n) is 3.96. The number of nitrogens with one attached hydrogen (secondary N) is 1. The van der Waals surface area contributed by atoms with Crippen molar-refractivity contribution in [3.05, 3.63) is 102 Å². The van der Waals surface area contributed by atoms with Crippen LogP contribution in [-0.4, -0.2) is 32.5 Å². The molecule has 0 bridgehead atoms. The van der Waals surface area contributed by atoms with E-state index < -0.39 is 6.04 Å². The van der Waals surface area contributed by atoms with Crippen LogP contribution in [-0.2, 0) is 12.8 Å². The van der Waals surface area contributed by atoms with Gasteiger partial charge in [0.05, 0.1) is 7.11 Å². The molecule has 0 spiro atoms. The van der Waals surface area contributed by atoms with Gasteiger partial charge in [-0.15, -0.1) is 0 Å². The van der Waals surface area contributed by atoms with Crippen molar-refractivity contribution in [2.24, 2.45) is 7.05 Å².